The van der Waals surface area contributed by atoms with Gasteiger partial charge in [-0.05, 0) is 42.3 Å². The van der Waals surface area contributed by atoms with Crippen LogP contribution in [0.1, 0.15) is 36.5 Å². The average Bonchev–Trinajstić information content (AvgIpc) is 2.99. The SMILES string of the molecule is CCC(C)Cn1c(CCNC(=O)c2ccc(Cl)cc2)nc2ccccc21. The second-order valence-electron chi connectivity index (χ2n) is 6.65. The van der Waals surface area contributed by atoms with E-state index in [1.807, 2.05) is 18.2 Å². The van der Waals surface area contributed by atoms with Crippen LogP contribution in [0.3, 0.4) is 0 Å². The van der Waals surface area contributed by atoms with E-state index in [2.05, 4.69) is 29.8 Å². The van der Waals surface area contributed by atoms with Gasteiger partial charge in [0.1, 0.15) is 5.82 Å². The van der Waals surface area contributed by atoms with Crippen molar-refractivity contribution >= 4 is 28.5 Å². The van der Waals surface area contributed by atoms with Crippen LogP contribution >= 0.6 is 11.6 Å². The van der Waals surface area contributed by atoms with Crippen LogP contribution in [0.4, 0.5) is 0 Å². The molecule has 1 amide bonds. The standard InChI is InChI=1S/C21H24ClN3O/c1-3-15(2)14-25-19-7-5-4-6-18(19)24-20(25)12-13-23-21(26)16-8-10-17(22)11-9-16/h4-11,15H,3,12-14H2,1-2H3,(H,23,26). The monoisotopic (exact) mass is 369 g/mol. The van der Waals surface area contributed by atoms with E-state index in [1.165, 1.54) is 0 Å². The molecular weight excluding hydrogens is 346 g/mol. The lowest BCUT2D eigenvalue weighted by atomic mass is 10.1. The fourth-order valence-corrected chi connectivity index (χ4v) is 3.08. The van der Waals surface area contributed by atoms with Crippen LogP contribution in [-0.2, 0) is 13.0 Å². The highest BCUT2D eigenvalue weighted by molar-refractivity contribution is 6.30. The number of carbonyl (C=O) groups excluding carboxylic acids is 1. The molecule has 26 heavy (non-hydrogen) atoms. The van der Waals surface area contributed by atoms with Crippen LogP contribution in [-0.4, -0.2) is 22.0 Å². The predicted molar refractivity (Wildman–Crippen MR) is 107 cm³/mol. The Morgan fingerprint density at radius 1 is 1.19 bits per heavy atom. The van der Waals surface area contributed by atoms with Crippen LogP contribution < -0.4 is 5.32 Å². The Hall–Kier alpha value is -2.33. The minimum absolute atomic E-state index is 0.0914. The summed E-state index contributed by atoms with van der Waals surface area (Å²) >= 11 is 5.87. The highest BCUT2D eigenvalue weighted by Gasteiger charge is 2.13. The summed E-state index contributed by atoms with van der Waals surface area (Å²) in [5.74, 6) is 1.50. The number of nitrogens with zero attached hydrogens (tertiary/aromatic N) is 2. The van der Waals surface area contributed by atoms with Gasteiger partial charge in [-0.3, -0.25) is 4.79 Å². The molecule has 0 saturated heterocycles. The van der Waals surface area contributed by atoms with Gasteiger partial charge >= 0.3 is 0 Å². The van der Waals surface area contributed by atoms with Gasteiger partial charge in [-0.25, -0.2) is 4.98 Å². The molecule has 1 heterocycles. The quantitative estimate of drug-likeness (QED) is 0.655. The number of rotatable bonds is 7. The van der Waals surface area contributed by atoms with Crippen LogP contribution in [0.2, 0.25) is 5.02 Å². The number of amides is 1. The van der Waals surface area contributed by atoms with E-state index in [9.17, 15) is 4.79 Å². The minimum atomic E-state index is -0.0914. The molecule has 1 unspecified atom stereocenters. The molecule has 0 radical (unpaired) electrons. The van der Waals surface area contributed by atoms with Gasteiger partial charge in [0.05, 0.1) is 11.0 Å². The summed E-state index contributed by atoms with van der Waals surface area (Å²) < 4.78 is 2.29. The summed E-state index contributed by atoms with van der Waals surface area (Å²) in [4.78, 5) is 17.0. The minimum Gasteiger partial charge on any atom is -0.352 e. The fraction of sp³-hybridized carbons (Fsp3) is 0.333. The first-order chi connectivity index (χ1) is 12.6. The predicted octanol–water partition coefficient (Wildman–Crippen LogP) is 4.71. The Bertz CT molecular complexity index is 886. The third kappa shape index (κ3) is 4.25. The zero-order chi connectivity index (χ0) is 18.5. The molecule has 1 atom stereocenters. The normalized spacial score (nSPS) is 12.3. The third-order valence-corrected chi connectivity index (χ3v) is 4.92. The van der Waals surface area contributed by atoms with Crippen molar-refractivity contribution in [2.75, 3.05) is 6.54 Å². The van der Waals surface area contributed by atoms with Crippen molar-refractivity contribution in [2.24, 2.45) is 5.92 Å². The lowest BCUT2D eigenvalue weighted by Gasteiger charge is -2.14. The van der Waals surface area contributed by atoms with Gasteiger partial charge < -0.3 is 9.88 Å². The van der Waals surface area contributed by atoms with Crippen molar-refractivity contribution in [1.29, 1.82) is 0 Å². The maximum Gasteiger partial charge on any atom is 0.251 e. The highest BCUT2D eigenvalue weighted by Crippen LogP contribution is 2.19. The maximum absolute atomic E-state index is 12.2. The summed E-state index contributed by atoms with van der Waals surface area (Å²) in [6, 6.07) is 15.1. The molecule has 3 aromatic rings. The molecule has 4 nitrogen and oxygen atoms in total. The summed E-state index contributed by atoms with van der Waals surface area (Å²) in [5.41, 5.74) is 2.78. The summed E-state index contributed by atoms with van der Waals surface area (Å²) in [7, 11) is 0. The van der Waals surface area contributed by atoms with Crippen LogP contribution in [0, 0.1) is 5.92 Å². The van der Waals surface area contributed by atoms with Crippen molar-refractivity contribution in [3.63, 3.8) is 0 Å². The number of nitrogens with one attached hydrogen (secondary N) is 1. The molecule has 2 aromatic carbocycles. The van der Waals surface area contributed by atoms with Crippen molar-refractivity contribution in [1.82, 2.24) is 14.9 Å². The maximum atomic E-state index is 12.2. The van der Waals surface area contributed by atoms with Crippen molar-refractivity contribution in [2.45, 2.75) is 33.2 Å². The molecule has 3 rings (SSSR count). The molecule has 0 saturated carbocycles. The summed E-state index contributed by atoms with van der Waals surface area (Å²) in [6.45, 7) is 5.94. The molecule has 5 heteroatoms. The molecule has 1 N–H and O–H groups in total. The Labute approximate surface area is 159 Å². The Balaban J connectivity index is 1.70. The smallest absolute Gasteiger partial charge is 0.251 e. The lowest BCUT2D eigenvalue weighted by Crippen LogP contribution is -2.26. The largest absolute Gasteiger partial charge is 0.352 e. The molecule has 0 bridgehead atoms. The molecule has 0 aliphatic heterocycles. The Morgan fingerprint density at radius 2 is 1.92 bits per heavy atom. The molecule has 1 aromatic heterocycles. The number of hydrogen-bond donors (Lipinski definition) is 1. The van der Waals surface area contributed by atoms with E-state index in [0.717, 1.165) is 29.8 Å². The Kier molecular flexibility index (Phi) is 5.94. The lowest BCUT2D eigenvalue weighted by molar-refractivity contribution is 0.0954. The molecule has 0 aliphatic carbocycles. The van der Waals surface area contributed by atoms with E-state index in [1.54, 1.807) is 24.3 Å². The zero-order valence-corrected chi connectivity index (χ0v) is 16.0. The van der Waals surface area contributed by atoms with E-state index < -0.39 is 0 Å². The van der Waals surface area contributed by atoms with E-state index in [4.69, 9.17) is 16.6 Å². The number of fused-ring (bicyclic) bond motifs is 1. The number of carbonyl (C=O) groups is 1. The number of hydrogen-bond acceptors (Lipinski definition) is 2. The van der Waals surface area contributed by atoms with Gasteiger partial charge in [0, 0.05) is 30.1 Å². The van der Waals surface area contributed by atoms with Crippen molar-refractivity contribution < 1.29 is 4.79 Å². The number of imidazole rings is 1. The summed E-state index contributed by atoms with van der Waals surface area (Å²) in [5, 5.41) is 3.60. The van der Waals surface area contributed by atoms with Gasteiger partial charge in [0.2, 0.25) is 0 Å². The summed E-state index contributed by atoms with van der Waals surface area (Å²) in [6.07, 6.45) is 1.82. The zero-order valence-electron chi connectivity index (χ0n) is 15.2. The molecule has 136 valence electrons. The first-order valence-electron chi connectivity index (χ1n) is 9.06. The van der Waals surface area contributed by atoms with Crippen LogP contribution in [0.5, 0.6) is 0 Å². The second-order valence-corrected chi connectivity index (χ2v) is 7.09. The third-order valence-electron chi connectivity index (χ3n) is 4.67. The van der Waals surface area contributed by atoms with Crippen molar-refractivity contribution in [3.05, 3.63) is 64.9 Å². The topological polar surface area (TPSA) is 46.9 Å². The number of aromatic nitrogens is 2. The first-order valence-corrected chi connectivity index (χ1v) is 9.44. The van der Waals surface area contributed by atoms with Gasteiger partial charge in [-0.15, -0.1) is 0 Å². The molecule has 0 spiro atoms. The Morgan fingerprint density at radius 3 is 2.65 bits per heavy atom. The second kappa shape index (κ2) is 8.37. The van der Waals surface area contributed by atoms with Crippen LogP contribution in [0.15, 0.2) is 48.5 Å². The van der Waals surface area contributed by atoms with Gasteiger partial charge in [0.15, 0.2) is 0 Å². The average molecular weight is 370 g/mol. The number of para-hydroxylation sites is 2. The van der Waals surface area contributed by atoms with Crippen molar-refractivity contribution in [3.8, 4) is 0 Å². The molecule has 0 aliphatic rings. The van der Waals surface area contributed by atoms with Crippen LogP contribution in [0.25, 0.3) is 11.0 Å². The molecular formula is C21H24ClN3O. The van der Waals surface area contributed by atoms with E-state index in [-0.39, 0.29) is 5.91 Å². The molecule has 0 fully saturated rings. The van der Waals surface area contributed by atoms with Gasteiger partial charge in [-0.1, -0.05) is 44.0 Å². The van der Waals surface area contributed by atoms with E-state index >= 15 is 0 Å². The number of halogens is 1. The highest BCUT2D eigenvalue weighted by atomic mass is 35.5. The van der Waals surface area contributed by atoms with E-state index in [0.29, 0.717) is 29.5 Å². The fourth-order valence-electron chi connectivity index (χ4n) is 2.95. The number of benzene rings is 2. The van der Waals surface area contributed by atoms with Gasteiger partial charge in [-0.2, -0.15) is 0 Å². The first kappa shape index (κ1) is 18.5. The van der Waals surface area contributed by atoms with Gasteiger partial charge in [0.25, 0.3) is 5.91 Å².